The Hall–Kier alpha value is -3.35. The summed E-state index contributed by atoms with van der Waals surface area (Å²) in [5.74, 6) is -0.249. The highest BCUT2D eigenvalue weighted by Gasteiger charge is 2.33. The summed E-state index contributed by atoms with van der Waals surface area (Å²) >= 11 is 0. The second-order valence-corrected chi connectivity index (χ2v) is 6.87. The van der Waals surface area contributed by atoms with Crippen molar-refractivity contribution < 1.29 is 18.7 Å². The second-order valence-electron chi connectivity index (χ2n) is 6.87. The first-order valence-corrected chi connectivity index (χ1v) is 9.00. The van der Waals surface area contributed by atoms with Crippen molar-refractivity contribution in [2.24, 2.45) is 0 Å². The average Bonchev–Trinajstić information content (AvgIpc) is 3.21. The predicted molar refractivity (Wildman–Crippen MR) is 104 cm³/mol. The van der Waals surface area contributed by atoms with Gasteiger partial charge in [-0.25, -0.2) is 4.39 Å². The summed E-state index contributed by atoms with van der Waals surface area (Å²) in [7, 11) is 1.59. The Morgan fingerprint density at radius 3 is 2.82 bits per heavy atom. The van der Waals surface area contributed by atoms with E-state index in [0.29, 0.717) is 11.4 Å². The fourth-order valence-corrected chi connectivity index (χ4v) is 3.63. The molecule has 0 bridgehead atoms. The first-order valence-electron chi connectivity index (χ1n) is 9.00. The minimum Gasteiger partial charge on any atom is -0.497 e. The number of halogens is 1. The van der Waals surface area contributed by atoms with E-state index in [-0.39, 0.29) is 36.5 Å². The molecule has 2 aromatic carbocycles. The molecule has 0 aliphatic carbocycles. The number of aromatic amines is 1. The number of anilines is 1. The molecule has 0 saturated carbocycles. The van der Waals surface area contributed by atoms with Crippen LogP contribution in [-0.4, -0.2) is 36.5 Å². The van der Waals surface area contributed by atoms with Crippen LogP contribution >= 0.6 is 0 Å². The fourth-order valence-electron chi connectivity index (χ4n) is 3.63. The van der Waals surface area contributed by atoms with Crippen LogP contribution in [0.4, 0.5) is 10.1 Å². The number of carbonyl (C=O) groups excluding carboxylic acids is 2. The highest BCUT2D eigenvalue weighted by molar-refractivity contribution is 6.02. The highest BCUT2D eigenvalue weighted by atomic mass is 19.1. The maximum absolute atomic E-state index is 14.0. The number of methoxy groups -OCH3 is 1. The lowest BCUT2D eigenvalue weighted by molar-refractivity contribution is -0.117. The molecule has 2 heterocycles. The van der Waals surface area contributed by atoms with Gasteiger partial charge in [0.05, 0.1) is 18.8 Å². The zero-order chi connectivity index (χ0) is 19.8. The summed E-state index contributed by atoms with van der Waals surface area (Å²) in [5, 5.41) is 3.79. The van der Waals surface area contributed by atoms with Gasteiger partial charge in [-0.15, -0.1) is 0 Å². The number of amides is 2. The van der Waals surface area contributed by atoms with Gasteiger partial charge in [0.2, 0.25) is 5.91 Å². The molecule has 144 valence electrons. The topological polar surface area (TPSA) is 74.4 Å². The third kappa shape index (κ3) is 3.09. The first-order chi connectivity index (χ1) is 13.5. The number of aryl methyl sites for hydroxylation is 1. The minimum absolute atomic E-state index is 0.132. The normalized spacial score (nSPS) is 16.6. The number of rotatable bonds is 4. The molecule has 0 radical (unpaired) electrons. The van der Waals surface area contributed by atoms with Gasteiger partial charge >= 0.3 is 0 Å². The van der Waals surface area contributed by atoms with Crippen molar-refractivity contribution in [1.82, 2.24) is 10.3 Å². The quantitative estimate of drug-likeness (QED) is 0.729. The number of hydrogen-bond donors (Lipinski definition) is 2. The molecule has 1 unspecified atom stereocenters. The summed E-state index contributed by atoms with van der Waals surface area (Å²) in [6.07, 6.45) is 0.132. The van der Waals surface area contributed by atoms with Crippen LogP contribution in [0, 0.1) is 12.7 Å². The number of aromatic nitrogens is 1. The number of ether oxygens (including phenoxy) is 1. The Labute approximate surface area is 161 Å². The van der Waals surface area contributed by atoms with Gasteiger partial charge in [0.15, 0.2) is 0 Å². The molecule has 2 amide bonds. The van der Waals surface area contributed by atoms with E-state index in [1.54, 1.807) is 25.3 Å². The number of para-hydroxylation sites is 1. The van der Waals surface area contributed by atoms with E-state index in [1.165, 1.54) is 11.0 Å². The van der Waals surface area contributed by atoms with E-state index in [0.717, 1.165) is 16.5 Å². The lowest BCUT2D eigenvalue weighted by atomic mass is 10.1. The molecular weight excluding hydrogens is 361 g/mol. The Morgan fingerprint density at radius 2 is 2.07 bits per heavy atom. The van der Waals surface area contributed by atoms with Crippen molar-refractivity contribution in [1.29, 1.82) is 0 Å². The van der Waals surface area contributed by atoms with Gasteiger partial charge in [-0.3, -0.25) is 9.59 Å². The number of benzene rings is 2. The standard InChI is InChI=1S/C21H20FN3O3/c1-12-15-10-14(28-2)7-8-17(15)24-20(12)21(27)23-13-9-19(26)25(11-13)18-6-4-3-5-16(18)22/h3-8,10,13,24H,9,11H2,1-2H3,(H,23,27). The smallest absolute Gasteiger partial charge is 0.268 e. The number of H-pyrrole nitrogens is 1. The first kappa shape index (κ1) is 18.0. The Bertz CT molecular complexity index is 1080. The minimum atomic E-state index is -0.455. The van der Waals surface area contributed by atoms with Crippen LogP contribution in [0.3, 0.4) is 0 Å². The van der Waals surface area contributed by atoms with Crippen molar-refractivity contribution in [2.75, 3.05) is 18.6 Å². The van der Waals surface area contributed by atoms with E-state index in [4.69, 9.17) is 4.74 Å². The molecule has 1 fully saturated rings. The highest BCUT2D eigenvalue weighted by Crippen LogP contribution is 2.27. The summed E-state index contributed by atoms with van der Waals surface area (Å²) in [5.41, 5.74) is 2.32. The molecule has 7 heteroatoms. The van der Waals surface area contributed by atoms with Crippen LogP contribution in [0.25, 0.3) is 10.9 Å². The van der Waals surface area contributed by atoms with Gasteiger partial charge in [0.25, 0.3) is 5.91 Å². The number of nitrogens with zero attached hydrogens (tertiary/aromatic N) is 1. The molecule has 1 aliphatic heterocycles. The lowest BCUT2D eigenvalue weighted by Crippen LogP contribution is -2.37. The Morgan fingerprint density at radius 1 is 1.29 bits per heavy atom. The maximum Gasteiger partial charge on any atom is 0.268 e. The summed E-state index contributed by atoms with van der Waals surface area (Å²) in [6, 6.07) is 11.3. The van der Waals surface area contributed by atoms with Crippen molar-refractivity contribution in [3.63, 3.8) is 0 Å². The van der Waals surface area contributed by atoms with Crippen molar-refractivity contribution >= 4 is 28.4 Å². The lowest BCUT2D eigenvalue weighted by Gasteiger charge is -2.17. The van der Waals surface area contributed by atoms with Gasteiger partial charge in [-0.05, 0) is 42.8 Å². The van der Waals surface area contributed by atoms with Crippen LogP contribution in [0.2, 0.25) is 0 Å². The van der Waals surface area contributed by atoms with E-state index in [9.17, 15) is 14.0 Å². The fraction of sp³-hybridized carbons (Fsp3) is 0.238. The van der Waals surface area contributed by atoms with E-state index in [1.807, 2.05) is 25.1 Å². The molecule has 2 N–H and O–H groups in total. The monoisotopic (exact) mass is 381 g/mol. The summed E-state index contributed by atoms with van der Waals surface area (Å²) in [4.78, 5) is 29.6. The second kappa shape index (κ2) is 6.99. The third-order valence-corrected chi connectivity index (χ3v) is 5.10. The van der Waals surface area contributed by atoms with Crippen LogP contribution < -0.4 is 15.0 Å². The van der Waals surface area contributed by atoms with Crippen molar-refractivity contribution in [3.8, 4) is 5.75 Å². The molecule has 3 aromatic rings. The van der Waals surface area contributed by atoms with Crippen LogP contribution in [-0.2, 0) is 4.79 Å². The molecule has 1 saturated heterocycles. The molecule has 0 spiro atoms. The van der Waals surface area contributed by atoms with Crippen LogP contribution in [0.15, 0.2) is 42.5 Å². The molecule has 1 atom stereocenters. The van der Waals surface area contributed by atoms with Gasteiger partial charge in [0.1, 0.15) is 17.3 Å². The van der Waals surface area contributed by atoms with Crippen LogP contribution in [0.5, 0.6) is 5.75 Å². The SMILES string of the molecule is COc1ccc2[nH]c(C(=O)NC3CC(=O)N(c4ccccc4F)C3)c(C)c2c1. The van der Waals surface area contributed by atoms with Gasteiger partial charge in [0, 0.05) is 23.9 Å². The molecule has 4 rings (SSSR count). The number of nitrogens with one attached hydrogen (secondary N) is 2. The largest absolute Gasteiger partial charge is 0.497 e. The third-order valence-electron chi connectivity index (χ3n) is 5.10. The Kier molecular flexibility index (Phi) is 4.50. The molecule has 6 nitrogen and oxygen atoms in total. The van der Waals surface area contributed by atoms with Crippen LogP contribution in [0.1, 0.15) is 22.5 Å². The molecule has 28 heavy (non-hydrogen) atoms. The van der Waals surface area contributed by atoms with Crippen molar-refractivity contribution in [3.05, 3.63) is 59.5 Å². The molecule has 1 aliphatic rings. The predicted octanol–water partition coefficient (Wildman–Crippen LogP) is 3.16. The van der Waals surface area contributed by atoms with E-state index in [2.05, 4.69) is 10.3 Å². The summed E-state index contributed by atoms with van der Waals surface area (Å²) in [6.45, 7) is 2.09. The summed E-state index contributed by atoms with van der Waals surface area (Å²) < 4.78 is 19.2. The van der Waals surface area contributed by atoms with E-state index >= 15 is 0 Å². The average molecular weight is 381 g/mol. The van der Waals surface area contributed by atoms with Gasteiger partial charge in [-0.1, -0.05) is 12.1 Å². The van der Waals surface area contributed by atoms with Crippen molar-refractivity contribution in [2.45, 2.75) is 19.4 Å². The number of hydrogen-bond acceptors (Lipinski definition) is 3. The zero-order valence-electron chi connectivity index (χ0n) is 15.6. The molecule has 1 aromatic heterocycles. The van der Waals surface area contributed by atoms with Gasteiger partial charge < -0.3 is 19.9 Å². The zero-order valence-corrected chi connectivity index (χ0v) is 15.6. The molecular formula is C21H20FN3O3. The van der Waals surface area contributed by atoms with E-state index < -0.39 is 5.82 Å². The van der Waals surface area contributed by atoms with Gasteiger partial charge in [-0.2, -0.15) is 0 Å². The maximum atomic E-state index is 14.0. The Balaban J connectivity index is 1.53. The number of fused-ring (bicyclic) bond motifs is 1. The number of carbonyl (C=O) groups is 2.